The maximum atomic E-state index is 10.5. The summed E-state index contributed by atoms with van der Waals surface area (Å²) in [5.74, 6) is 0.229. The molecule has 3 heteroatoms. The highest BCUT2D eigenvalue weighted by Crippen LogP contribution is 2.48. The van der Waals surface area contributed by atoms with E-state index < -0.39 is 5.60 Å². The summed E-state index contributed by atoms with van der Waals surface area (Å²) in [5, 5.41) is 10.5. The molecule has 3 fully saturated rings. The van der Waals surface area contributed by atoms with Gasteiger partial charge in [-0.25, -0.2) is 0 Å². The second-order valence-corrected chi connectivity index (χ2v) is 5.34. The molecular formula is C12H20O3. The molecule has 2 aliphatic carbocycles. The first kappa shape index (κ1) is 10.1. The normalized spacial score (nSPS) is 34.2. The molecule has 0 aromatic carbocycles. The van der Waals surface area contributed by atoms with Crippen LogP contribution in [-0.4, -0.2) is 29.7 Å². The van der Waals surface area contributed by atoms with Gasteiger partial charge < -0.3 is 14.6 Å². The molecule has 15 heavy (non-hydrogen) atoms. The fourth-order valence-corrected chi connectivity index (χ4v) is 3.20. The molecule has 86 valence electrons. The maximum absolute atomic E-state index is 10.5. The summed E-state index contributed by atoms with van der Waals surface area (Å²) in [6.45, 7) is 1.45. The minimum absolute atomic E-state index is 0.323. The Morgan fingerprint density at radius 3 is 2.00 bits per heavy atom. The van der Waals surface area contributed by atoms with Gasteiger partial charge in [-0.2, -0.15) is 0 Å². The Morgan fingerprint density at radius 1 is 0.933 bits per heavy atom. The predicted octanol–water partition coefficient (Wildman–Crippen LogP) is 1.83. The zero-order valence-electron chi connectivity index (χ0n) is 9.21. The fraction of sp³-hybridized carbons (Fsp3) is 1.00. The van der Waals surface area contributed by atoms with E-state index in [0.717, 1.165) is 38.9 Å². The van der Waals surface area contributed by atoms with Gasteiger partial charge in [0.15, 0.2) is 5.79 Å². The largest absolute Gasteiger partial charge is 0.390 e. The van der Waals surface area contributed by atoms with Crippen LogP contribution in [0.2, 0.25) is 0 Å². The average molecular weight is 212 g/mol. The van der Waals surface area contributed by atoms with E-state index in [9.17, 15) is 5.11 Å². The molecule has 3 rings (SSSR count). The van der Waals surface area contributed by atoms with Gasteiger partial charge in [0, 0.05) is 12.8 Å². The zero-order chi connectivity index (χ0) is 10.4. The van der Waals surface area contributed by atoms with Crippen LogP contribution in [0.5, 0.6) is 0 Å². The SMILES string of the molecule is OC1(C2CCC2)CCC2(CC1)OCCO2. The van der Waals surface area contributed by atoms with Crippen LogP contribution in [-0.2, 0) is 9.47 Å². The van der Waals surface area contributed by atoms with E-state index in [0.29, 0.717) is 5.92 Å². The maximum Gasteiger partial charge on any atom is 0.168 e. The standard InChI is InChI=1S/C12H20O3/c13-11(10-2-1-3-10)4-6-12(7-5-11)14-8-9-15-12/h10,13H,1-9H2. The monoisotopic (exact) mass is 212 g/mol. The Kier molecular flexibility index (Phi) is 2.31. The van der Waals surface area contributed by atoms with Crippen LogP contribution in [0, 0.1) is 5.92 Å². The molecule has 0 atom stereocenters. The summed E-state index contributed by atoms with van der Waals surface area (Å²) in [4.78, 5) is 0. The van der Waals surface area contributed by atoms with Crippen LogP contribution in [0.3, 0.4) is 0 Å². The van der Waals surface area contributed by atoms with Gasteiger partial charge >= 0.3 is 0 Å². The second-order valence-electron chi connectivity index (χ2n) is 5.34. The van der Waals surface area contributed by atoms with Crippen LogP contribution in [0.15, 0.2) is 0 Å². The molecule has 0 radical (unpaired) electrons. The lowest BCUT2D eigenvalue weighted by Gasteiger charge is -2.47. The minimum Gasteiger partial charge on any atom is -0.390 e. The van der Waals surface area contributed by atoms with Crippen LogP contribution in [0.1, 0.15) is 44.9 Å². The number of rotatable bonds is 1. The predicted molar refractivity (Wildman–Crippen MR) is 55.4 cm³/mol. The Balaban J connectivity index is 1.63. The van der Waals surface area contributed by atoms with Crippen molar-refractivity contribution in [3.05, 3.63) is 0 Å². The highest BCUT2D eigenvalue weighted by Gasteiger charge is 2.49. The number of ether oxygens (including phenoxy) is 2. The molecule has 0 amide bonds. The number of hydrogen-bond acceptors (Lipinski definition) is 3. The molecule has 2 saturated carbocycles. The lowest BCUT2D eigenvalue weighted by atomic mass is 9.66. The lowest BCUT2D eigenvalue weighted by Crippen LogP contribution is -2.49. The van der Waals surface area contributed by atoms with Crippen molar-refractivity contribution in [2.45, 2.75) is 56.3 Å². The second kappa shape index (κ2) is 3.44. The molecule has 1 N–H and O–H groups in total. The van der Waals surface area contributed by atoms with Crippen molar-refractivity contribution in [1.82, 2.24) is 0 Å². The van der Waals surface area contributed by atoms with E-state index in [1.807, 2.05) is 0 Å². The third-order valence-corrected chi connectivity index (χ3v) is 4.56. The molecular weight excluding hydrogens is 192 g/mol. The lowest BCUT2D eigenvalue weighted by molar-refractivity contribution is -0.214. The molecule has 0 aromatic heterocycles. The molecule has 1 saturated heterocycles. The highest BCUT2D eigenvalue weighted by molar-refractivity contribution is 4.97. The van der Waals surface area contributed by atoms with Gasteiger partial charge in [0.25, 0.3) is 0 Å². The van der Waals surface area contributed by atoms with Crippen molar-refractivity contribution in [3.63, 3.8) is 0 Å². The minimum atomic E-state index is -0.404. The topological polar surface area (TPSA) is 38.7 Å². The van der Waals surface area contributed by atoms with E-state index in [1.165, 1.54) is 19.3 Å². The third kappa shape index (κ3) is 1.61. The molecule has 0 aromatic rings. The summed E-state index contributed by atoms with van der Waals surface area (Å²) >= 11 is 0. The van der Waals surface area contributed by atoms with Crippen LogP contribution in [0.4, 0.5) is 0 Å². The molecule has 0 unspecified atom stereocenters. The van der Waals surface area contributed by atoms with Gasteiger partial charge in [-0.15, -0.1) is 0 Å². The van der Waals surface area contributed by atoms with E-state index in [1.54, 1.807) is 0 Å². The molecule has 3 nitrogen and oxygen atoms in total. The highest BCUT2D eigenvalue weighted by atomic mass is 16.7. The van der Waals surface area contributed by atoms with Crippen LogP contribution in [0.25, 0.3) is 0 Å². The zero-order valence-corrected chi connectivity index (χ0v) is 9.21. The van der Waals surface area contributed by atoms with Crippen LogP contribution >= 0.6 is 0 Å². The summed E-state index contributed by atoms with van der Waals surface area (Å²) < 4.78 is 11.3. The Morgan fingerprint density at radius 2 is 1.53 bits per heavy atom. The summed E-state index contributed by atoms with van der Waals surface area (Å²) in [7, 11) is 0. The third-order valence-electron chi connectivity index (χ3n) is 4.56. The van der Waals surface area contributed by atoms with Crippen LogP contribution < -0.4 is 0 Å². The van der Waals surface area contributed by atoms with Crippen molar-refractivity contribution in [2.24, 2.45) is 5.92 Å². The van der Waals surface area contributed by atoms with E-state index in [4.69, 9.17) is 9.47 Å². The quantitative estimate of drug-likeness (QED) is 0.720. The van der Waals surface area contributed by atoms with Crippen molar-refractivity contribution < 1.29 is 14.6 Å². The van der Waals surface area contributed by atoms with Crippen molar-refractivity contribution in [2.75, 3.05) is 13.2 Å². The van der Waals surface area contributed by atoms with Gasteiger partial charge in [0.05, 0.1) is 18.8 Å². The first-order chi connectivity index (χ1) is 7.23. The molecule has 1 spiro atoms. The Hall–Kier alpha value is -0.120. The Bertz CT molecular complexity index is 231. The molecule has 1 heterocycles. The number of hydrogen-bond donors (Lipinski definition) is 1. The molecule has 1 aliphatic heterocycles. The fourth-order valence-electron chi connectivity index (χ4n) is 3.20. The van der Waals surface area contributed by atoms with Gasteiger partial charge in [-0.1, -0.05) is 6.42 Å². The average Bonchev–Trinajstić information content (AvgIpc) is 2.57. The number of aliphatic hydroxyl groups is 1. The van der Waals surface area contributed by atoms with Crippen molar-refractivity contribution in [1.29, 1.82) is 0 Å². The summed E-state index contributed by atoms with van der Waals surface area (Å²) in [6.07, 6.45) is 7.19. The van der Waals surface area contributed by atoms with E-state index in [2.05, 4.69) is 0 Å². The van der Waals surface area contributed by atoms with Gasteiger partial charge in [0.1, 0.15) is 0 Å². The van der Waals surface area contributed by atoms with Gasteiger partial charge in [0.2, 0.25) is 0 Å². The van der Waals surface area contributed by atoms with Gasteiger partial charge in [-0.05, 0) is 31.6 Å². The molecule has 3 aliphatic rings. The Labute approximate surface area is 90.8 Å². The first-order valence-corrected chi connectivity index (χ1v) is 6.23. The summed E-state index contributed by atoms with van der Waals surface area (Å²) in [5.41, 5.74) is -0.404. The first-order valence-electron chi connectivity index (χ1n) is 6.23. The van der Waals surface area contributed by atoms with Crippen molar-refractivity contribution in [3.8, 4) is 0 Å². The van der Waals surface area contributed by atoms with Gasteiger partial charge in [-0.3, -0.25) is 0 Å². The smallest absolute Gasteiger partial charge is 0.168 e. The van der Waals surface area contributed by atoms with E-state index >= 15 is 0 Å². The van der Waals surface area contributed by atoms with E-state index in [-0.39, 0.29) is 5.79 Å². The van der Waals surface area contributed by atoms with Crippen molar-refractivity contribution >= 4 is 0 Å². The molecule has 0 bridgehead atoms. The summed E-state index contributed by atoms with van der Waals surface area (Å²) in [6, 6.07) is 0.